The molecular formula is C14H19N3O2. The van der Waals surface area contributed by atoms with Gasteiger partial charge in [0.15, 0.2) is 0 Å². The van der Waals surface area contributed by atoms with Crippen molar-refractivity contribution in [2.24, 2.45) is 0 Å². The van der Waals surface area contributed by atoms with Crippen molar-refractivity contribution in [3.63, 3.8) is 0 Å². The molecule has 0 fully saturated rings. The molecule has 1 aromatic heterocycles. The molecule has 0 aliphatic carbocycles. The number of aliphatic carboxylic acids is 1. The van der Waals surface area contributed by atoms with E-state index in [1.165, 1.54) is 0 Å². The molecule has 19 heavy (non-hydrogen) atoms. The van der Waals surface area contributed by atoms with Crippen LogP contribution >= 0.6 is 0 Å². The fraction of sp³-hybridized carbons (Fsp3) is 0.429. The van der Waals surface area contributed by atoms with Gasteiger partial charge >= 0.3 is 5.97 Å². The first-order chi connectivity index (χ1) is 8.99. The second-order valence-electron chi connectivity index (χ2n) is 4.94. The minimum atomic E-state index is -0.846. The van der Waals surface area contributed by atoms with E-state index in [0.717, 1.165) is 22.4 Å². The van der Waals surface area contributed by atoms with Gasteiger partial charge in [-0.2, -0.15) is 0 Å². The average molecular weight is 261 g/mol. The molecule has 0 aliphatic rings. The van der Waals surface area contributed by atoms with Crippen LogP contribution in [0.1, 0.15) is 31.3 Å². The van der Waals surface area contributed by atoms with E-state index in [9.17, 15) is 4.79 Å². The predicted octanol–water partition coefficient (Wildman–Crippen LogP) is 2.10. The number of carboxylic acids is 1. The number of nitrogens with zero attached hydrogens (tertiary/aromatic N) is 2. The van der Waals surface area contributed by atoms with E-state index in [1.54, 1.807) is 0 Å². The molecule has 5 heteroatoms. The highest BCUT2D eigenvalue weighted by Gasteiger charge is 2.10. The van der Waals surface area contributed by atoms with E-state index < -0.39 is 5.97 Å². The third-order valence-electron chi connectivity index (χ3n) is 3.05. The molecule has 0 spiro atoms. The average Bonchev–Trinajstić information content (AvgIpc) is 2.63. The van der Waals surface area contributed by atoms with Gasteiger partial charge in [-0.25, -0.2) is 4.98 Å². The number of aryl methyl sites for hydroxylation is 1. The lowest BCUT2D eigenvalue weighted by Crippen LogP contribution is -2.21. The maximum Gasteiger partial charge on any atom is 0.317 e. The van der Waals surface area contributed by atoms with Crippen LogP contribution < -0.4 is 5.32 Å². The summed E-state index contributed by atoms with van der Waals surface area (Å²) < 4.78 is 2.20. The van der Waals surface area contributed by atoms with Crippen LogP contribution in [0, 0.1) is 6.92 Å². The molecule has 102 valence electrons. The van der Waals surface area contributed by atoms with E-state index in [0.29, 0.717) is 12.6 Å². The standard InChI is InChI=1S/C14H19N3O2/c1-9(2)17-10(3)16-12-6-11(4-5-13(12)17)7-15-8-14(18)19/h4-6,9,15H,7-8H2,1-3H3,(H,18,19). The van der Waals surface area contributed by atoms with Gasteiger partial charge in [0, 0.05) is 12.6 Å². The maximum absolute atomic E-state index is 10.4. The summed E-state index contributed by atoms with van der Waals surface area (Å²) in [4.78, 5) is 15.0. The summed E-state index contributed by atoms with van der Waals surface area (Å²) in [5, 5.41) is 11.5. The smallest absolute Gasteiger partial charge is 0.317 e. The predicted molar refractivity (Wildman–Crippen MR) is 74.2 cm³/mol. The topological polar surface area (TPSA) is 67.2 Å². The van der Waals surface area contributed by atoms with E-state index in [2.05, 4.69) is 28.7 Å². The van der Waals surface area contributed by atoms with Gasteiger partial charge in [-0.3, -0.25) is 4.79 Å². The van der Waals surface area contributed by atoms with Crippen LogP contribution in [0.5, 0.6) is 0 Å². The number of carbonyl (C=O) groups is 1. The van der Waals surface area contributed by atoms with Gasteiger partial charge in [-0.15, -0.1) is 0 Å². The van der Waals surface area contributed by atoms with Crippen molar-refractivity contribution >= 4 is 17.0 Å². The highest BCUT2D eigenvalue weighted by Crippen LogP contribution is 2.21. The van der Waals surface area contributed by atoms with Crippen LogP contribution in [-0.4, -0.2) is 27.2 Å². The van der Waals surface area contributed by atoms with Gasteiger partial charge < -0.3 is 15.0 Å². The van der Waals surface area contributed by atoms with Gasteiger partial charge in [-0.1, -0.05) is 6.07 Å². The second-order valence-corrected chi connectivity index (χ2v) is 4.94. The molecular weight excluding hydrogens is 242 g/mol. The third kappa shape index (κ3) is 2.93. The van der Waals surface area contributed by atoms with Gasteiger partial charge in [-0.05, 0) is 38.5 Å². The Morgan fingerprint density at radius 1 is 1.47 bits per heavy atom. The maximum atomic E-state index is 10.4. The van der Waals surface area contributed by atoms with Crippen LogP contribution in [-0.2, 0) is 11.3 Å². The van der Waals surface area contributed by atoms with Crippen molar-refractivity contribution < 1.29 is 9.90 Å². The first kappa shape index (κ1) is 13.5. The molecule has 0 atom stereocenters. The van der Waals surface area contributed by atoms with Crippen LogP contribution in [0.15, 0.2) is 18.2 Å². The Balaban J connectivity index is 2.24. The molecule has 1 heterocycles. The zero-order valence-corrected chi connectivity index (χ0v) is 11.5. The SMILES string of the molecule is Cc1nc2cc(CNCC(=O)O)ccc2n1C(C)C. The molecule has 2 aromatic rings. The Morgan fingerprint density at radius 3 is 2.84 bits per heavy atom. The highest BCUT2D eigenvalue weighted by molar-refractivity contribution is 5.77. The zero-order valence-electron chi connectivity index (χ0n) is 11.5. The normalized spacial score (nSPS) is 11.4. The molecule has 0 saturated carbocycles. The minimum Gasteiger partial charge on any atom is -0.480 e. The van der Waals surface area contributed by atoms with Crippen molar-refractivity contribution in [2.75, 3.05) is 6.54 Å². The van der Waals surface area contributed by atoms with Crippen LogP contribution in [0.2, 0.25) is 0 Å². The van der Waals surface area contributed by atoms with Crippen LogP contribution in [0.25, 0.3) is 11.0 Å². The van der Waals surface area contributed by atoms with Crippen LogP contribution in [0.3, 0.4) is 0 Å². The molecule has 2 N–H and O–H groups in total. The first-order valence-corrected chi connectivity index (χ1v) is 6.39. The fourth-order valence-corrected chi connectivity index (χ4v) is 2.34. The monoisotopic (exact) mass is 261 g/mol. The second kappa shape index (κ2) is 5.40. The summed E-state index contributed by atoms with van der Waals surface area (Å²) in [6.07, 6.45) is 0. The molecule has 5 nitrogen and oxygen atoms in total. The van der Waals surface area contributed by atoms with Gasteiger partial charge in [0.2, 0.25) is 0 Å². The Morgan fingerprint density at radius 2 is 2.21 bits per heavy atom. The van der Waals surface area contributed by atoms with Gasteiger partial charge in [0.1, 0.15) is 5.82 Å². The van der Waals surface area contributed by atoms with E-state index in [-0.39, 0.29) is 6.54 Å². The Bertz CT molecular complexity index is 602. The number of nitrogens with one attached hydrogen (secondary N) is 1. The molecule has 0 aliphatic heterocycles. The summed E-state index contributed by atoms with van der Waals surface area (Å²) in [5.74, 6) is 0.154. The van der Waals surface area contributed by atoms with Crippen molar-refractivity contribution in [1.82, 2.24) is 14.9 Å². The number of aromatic nitrogens is 2. The quantitative estimate of drug-likeness (QED) is 0.865. The number of hydrogen-bond donors (Lipinski definition) is 2. The fourth-order valence-electron chi connectivity index (χ4n) is 2.34. The lowest BCUT2D eigenvalue weighted by atomic mass is 10.2. The summed E-state index contributed by atoms with van der Waals surface area (Å²) in [6, 6.07) is 6.45. The minimum absolute atomic E-state index is 0.0303. The van der Waals surface area contributed by atoms with Gasteiger partial charge in [0.05, 0.1) is 17.6 Å². The molecule has 0 unspecified atom stereocenters. The number of imidazole rings is 1. The van der Waals surface area contributed by atoms with Crippen molar-refractivity contribution in [1.29, 1.82) is 0 Å². The summed E-state index contributed by atoms with van der Waals surface area (Å²) in [5.41, 5.74) is 3.12. The molecule has 0 radical (unpaired) electrons. The molecule has 0 bridgehead atoms. The summed E-state index contributed by atoms with van der Waals surface area (Å²) in [6.45, 7) is 6.78. The first-order valence-electron chi connectivity index (χ1n) is 6.39. The molecule has 2 rings (SSSR count). The van der Waals surface area contributed by atoms with Crippen LogP contribution in [0.4, 0.5) is 0 Å². The highest BCUT2D eigenvalue weighted by atomic mass is 16.4. The Labute approximate surface area is 112 Å². The largest absolute Gasteiger partial charge is 0.480 e. The zero-order chi connectivity index (χ0) is 14.0. The molecule has 0 amide bonds. The number of rotatable bonds is 5. The summed E-state index contributed by atoms with van der Waals surface area (Å²) >= 11 is 0. The number of fused-ring (bicyclic) bond motifs is 1. The third-order valence-corrected chi connectivity index (χ3v) is 3.05. The van der Waals surface area contributed by atoms with Crippen molar-refractivity contribution in [2.45, 2.75) is 33.4 Å². The lowest BCUT2D eigenvalue weighted by molar-refractivity contribution is -0.135. The number of carboxylic acid groups (broad SMARTS) is 1. The van der Waals surface area contributed by atoms with E-state index in [1.807, 2.05) is 25.1 Å². The Hall–Kier alpha value is -1.88. The molecule has 1 aromatic carbocycles. The summed E-state index contributed by atoms with van der Waals surface area (Å²) in [7, 11) is 0. The van der Waals surface area contributed by atoms with Crippen molar-refractivity contribution in [3.8, 4) is 0 Å². The number of hydrogen-bond acceptors (Lipinski definition) is 3. The van der Waals surface area contributed by atoms with Crippen molar-refractivity contribution in [3.05, 3.63) is 29.6 Å². The van der Waals surface area contributed by atoms with Gasteiger partial charge in [0.25, 0.3) is 0 Å². The number of benzene rings is 1. The van der Waals surface area contributed by atoms with E-state index in [4.69, 9.17) is 5.11 Å². The van der Waals surface area contributed by atoms with E-state index >= 15 is 0 Å². The lowest BCUT2D eigenvalue weighted by Gasteiger charge is -2.10. The molecule has 0 saturated heterocycles. The Kier molecular flexibility index (Phi) is 3.85.